The van der Waals surface area contributed by atoms with E-state index >= 15 is 0 Å². The monoisotopic (exact) mass is 309 g/mol. The number of halogens is 1. The fourth-order valence-corrected chi connectivity index (χ4v) is 2.70. The SMILES string of the molecule is CN(C)CCSc1nc(C(=O)O)c(-c2ccc(F)cc2)[nH]1. The number of H-pyrrole nitrogens is 1. The van der Waals surface area contributed by atoms with Gasteiger partial charge in [-0.25, -0.2) is 14.2 Å². The third kappa shape index (κ3) is 4.05. The summed E-state index contributed by atoms with van der Waals surface area (Å²) in [6.45, 7) is 0.861. The lowest BCUT2D eigenvalue weighted by Gasteiger charge is -2.06. The fourth-order valence-electron chi connectivity index (χ4n) is 1.72. The number of thioether (sulfide) groups is 1. The number of imidazole rings is 1. The first-order chi connectivity index (χ1) is 9.97. The standard InChI is InChI=1S/C14H16FN3O2S/c1-18(2)7-8-21-14-16-11(12(17-14)13(19)20)9-3-5-10(15)6-4-9/h3-6H,7-8H2,1-2H3,(H,16,17)(H,19,20). The van der Waals surface area contributed by atoms with Crippen molar-refractivity contribution in [1.29, 1.82) is 0 Å². The van der Waals surface area contributed by atoms with Crippen molar-refractivity contribution >= 4 is 17.7 Å². The van der Waals surface area contributed by atoms with Crippen molar-refractivity contribution in [3.8, 4) is 11.3 Å². The van der Waals surface area contributed by atoms with E-state index in [0.29, 0.717) is 16.4 Å². The normalized spacial score (nSPS) is 11.0. The molecule has 0 atom stereocenters. The second-order valence-electron chi connectivity index (χ2n) is 4.73. The molecule has 0 saturated carbocycles. The molecule has 7 heteroatoms. The first kappa shape index (κ1) is 15.5. The first-order valence-electron chi connectivity index (χ1n) is 6.34. The van der Waals surface area contributed by atoms with Crippen molar-refractivity contribution in [2.45, 2.75) is 5.16 Å². The Bertz CT molecular complexity index is 626. The lowest BCUT2D eigenvalue weighted by molar-refractivity contribution is 0.0691. The number of benzene rings is 1. The highest BCUT2D eigenvalue weighted by Crippen LogP contribution is 2.26. The number of aromatic carboxylic acids is 1. The zero-order chi connectivity index (χ0) is 15.4. The predicted octanol–water partition coefficient (Wildman–Crippen LogP) is 2.57. The quantitative estimate of drug-likeness (QED) is 0.803. The highest BCUT2D eigenvalue weighted by atomic mass is 32.2. The fraction of sp³-hybridized carbons (Fsp3) is 0.286. The zero-order valence-electron chi connectivity index (χ0n) is 11.8. The van der Waals surface area contributed by atoms with E-state index in [1.54, 1.807) is 0 Å². The van der Waals surface area contributed by atoms with Crippen LogP contribution in [0.25, 0.3) is 11.3 Å². The Hall–Kier alpha value is -1.86. The lowest BCUT2D eigenvalue weighted by atomic mass is 10.1. The van der Waals surface area contributed by atoms with Gasteiger partial charge in [0.25, 0.3) is 0 Å². The Morgan fingerprint density at radius 1 is 1.38 bits per heavy atom. The second kappa shape index (κ2) is 6.73. The molecule has 0 aliphatic rings. The van der Waals surface area contributed by atoms with Crippen LogP contribution in [-0.2, 0) is 0 Å². The minimum atomic E-state index is -1.11. The van der Waals surface area contributed by atoms with Gasteiger partial charge in [0.2, 0.25) is 0 Å². The molecular formula is C14H16FN3O2S. The summed E-state index contributed by atoms with van der Waals surface area (Å²) in [7, 11) is 3.94. The molecule has 1 aromatic carbocycles. The van der Waals surface area contributed by atoms with Crippen LogP contribution in [0, 0.1) is 5.82 Å². The van der Waals surface area contributed by atoms with Crippen molar-refractivity contribution in [1.82, 2.24) is 14.9 Å². The van der Waals surface area contributed by atoms with E-state index in [9.17, 15) is 14.3 Å². The molecule has 0 fully saturated rings. The molecule has 112 valence electrons. The number of nitrogens with zero attached hydrogens (tertiary/aromatic N) is 2. The van der Waals surface area contributed by atoms with E-state index < -0.39 is 5.97 Å². The van der Waals surface area contributed by atoms with E-state index in [1.165, 1.54) is 36.0 Å². The largest absolute Gasteiger partial charge is 0.476 e. The average molecular weight is 309 g/mol. The smallest absolute Gasteiger partial charge is 0.356 e. The van der Waals surface area contributed by atoms with Gasteiger partial charge in [0.15, 0.2) is 10.9 Å². The Labute approximate surface area is 126 Å². The molecule has 1 heterocycles. The molecule has 2 aromatic rings. The van der Waals surface area contributed by atoms with Gasteiger partial charge in [0.05, 0.1) is 5.69 Å². The van der Waals surface area contributed by atoms with Crippen LogP contribution in [0.1, 0.15) is 10.5 Å². The third-order valence-electron chi connectivity index (χ3n) is 2.79. The molecule has 0 radical (unpaired) electrons. The molecule has 1 aromatic heterocycles. The van der Waals surface area contributed by atoms with E-state index in [4.69, 9.17) is 0 Å². The molecule has 0 aliphatic heterocycles. The summed E-state index contributed by atoms with van der Waals surface area (Å²) in [6.07, 6.45) is 0. The van der Waals surface area contributed by atoms with Gasteiger partial charge >= 0.3 is 5.97 Å². The molecule has 0 saturated heterocycles. The van der Waals surface area contributed by atoms with Crippen LogP contribution < -0.4 is 0 Å². The number of rotatable bonds is 6. The summed E-state index contributed by atoms with van der Waals surface area (Å²) in [5, 5.41) is 9.78. The lowest BCUT2D eigenvalue weighted by Crippen LogP contribution is -2.14. The summed E-state index contributed by atoms with van der Waals surface area (Å²) >= 11 is 1.45. The van der Waals surface area contributed by atoms with E-state index in [-0.39, 0.29) is 11.5 Å². The van der Waals surface area contributed by atoms with Crippen LogP contribution in [0.3, 0.4) is 0 Å². The summed E-state index contributed by atoms with van der Waals surface area (Å²) < 4.78 is 13.0. The number of hydrogen-bond donors (Lipinski definition) is 2. The number of aromatic nitrogens is 2. The molecule has 0 unspecified atom stereocenters. The van der Waals surface area contributed by atoms with Crippen LogP contribution in [0.15, 0.2) is 29.4 Å². The van der Waals surface area contributed by atoms with E-state index in [0.717, 1.165) is 12.3 Å². The number of carbonyl (C=O) groups is 1. The number of carboxylic acids is 1. The summed E-state index contributed by atoms with van der Waals surface area (Å²) in [4.78, 5) is 20.4. The molecule has 0 aliphatic carbocycles. The van der Waals surface area contributed by atoms with E-state index in [1.807, 2.05) is 19.0 Å². The van der Waals surface area contributed by atoms with Crippen molar-refractivity contribution in [2.75, 3.05) is 26.4 Å². The highest BCUT2D eigenvalue weighted by Gasteiger charge is 2.18. The van der Waals surface area contributed by atoms with Gasteiger partial charge in [-0.3, -0.25) is 0 Å². The van der Waals surface area contributed by atoms with Gasteiger partial charge in [-0.05, 0) is 38.4 Å². The predicted molar refractivity (Wildman–Crippen MR) is 80.2 cm³/mol. The van der Waals surface area contributed by atoms with Crippen molar-refractivity contribution in [3.05, 3.63) is 35.8 Å². The summed E-state index contributed by atoms with van der Waals surface area (Å²) in [5.41, 5.74) is 0.949. The topological polar surface area (TPSA) is 69.2 Å². The Kier molecular flexibility index (Phi) is 4.98. The van der Waals surface area contributed by atoms with Gasteiger partial charge in [-0.1, -0.05) is 11.8 Å². The Morgan fingerprint density at radius 3 is 2.62 bits per heavy atom. The number of aromatic amines is 1. The maximum absolute atomic E-state index is 13.0. The Morgan fingerprint density at radius 2 is 2.05 bits per heavy atom. The van der Waals surface area contributed by atoms with Crippen LogP contribution >= 0.6 is 11.8 Å². The van der Waals surface area contributed by atoms with E-state index in [2.05, 4.69) is 9.97 Å². The third-order valence-corrected chi connectivity index (χ3v) is 3.65. The van der Waals surface area contributed by atoms with Crippen LogP contribution in [0.5, 0.6) is 0 Å². The van der Waals surface area contributed by atoms with Gasteiger partial charge < -0.3 is 15.0 Å². The molecule has 0 bridgehead atoms. The molecule has 2 N–H and O–H groups in total. The van der Waals surface area contributed by atoms with Gasteiger partial charge in [0.1, 0.15) is 5.82 Å². The maximum Gasteiger partial charge on any atom is 0.356 e. The second-order valence-corrected chi connectivity index (χ2v) is 5.81. The minimum absolute atomic E-state index is 0.0473. The van der Waals surface area contributed by atoms with Crippen molar-refractivity contribution in [2.24, 2.45) is 0 Å². The number of hydrogen-bond acceptors (Lipinski definition) is 4. The van der Waals surface area contributed by atoms with Crippen molar-refractivity contribution in [3.63, 3.8) is 0 Å². The minimum Gasteiger partial charge on any atom is -0.476 e. The Balaban J connectivity index is 2.25. The average Bonchev–Trinajstić information content (AvgIpc) is 2.83. The van der Waals surface area contributed by atoms with Gasteiger partial charge in [-0.2, -0.15) is 0 Å². The van der Waals surface area contributed by atoms with Crippen LogP contribution in [0.2, 0.25) is 0 Å². The summed E-state index contributed by atoms with van der Waals surface area (Å²) in [6, 6.07) is 5.65. The highest BCUT2D eigenvalue weighted by molar-refractivity contribution is 7.99. The zero-order valence-corrected chi connectivity index (χ0v) is 12.6. The van der Waals surface area contributed by atoms with Crippen molar-refractivity contribution < 1.29 is 14.3 Å². The molecule has 5 nitrogen and oxygen atoms in total. The van der Waals surface area contributed by atoms with Crippen LogP contribution in [-0.4, -0.2) is 52.3 Å². The molecular weight excluding hydrogens is 293 g/mol. The molecule has 2 rings (SSSR count). The molecule has 0 amide bonds. The number of nitrogens with one attached hydrogen (secondary N) is 1. The molecule has 0 spiro atoms. The first-order valence-corrected chi connectivity index (χ1v) is 7.32. The van der Waals surface area contributed by atoms with Crippen LogP contribution in [0.4, 0.5) is 4.39 Å². The summed E-state index contributed by atoms with van der Waals surface area (Å²) in [5.74, 6) is -0.677. The number of carboxylic acid groups (broad SMARTS) is 1. The van der Waals surface area contributed by atoms with Gasteiger partial charge in [-0.15, -0.1) is 0 Å². The molecule has 21 heavy (non-hydrogen) atoms. The van der Waals surface area contributed by atoms with Gasteiger partial charge in [0, 0.05) is 17.9 Å². The maximum atomic E-state index is 13.0.